The molecular weight excluding hydrogens is 278 g/mol. The Morgan fingerprint density at radius 2 is 2.00 bits per heavy atom. The number of nitrogens with zero attached hydrogens (tertiary/aromatic N) is 3. The van der Waals surface area contributed by atoms with Gasteiger partial charge in [-0.3, -0.25) is 4.98 Å². The van der Waals surface area contributed by atoms with Gasteiger partial charge in [-0.2, -0.15) is 4.98 Å². The van der Waals surface area contributed by atoms with Crippen LogP contribution in [0.15, 0.2) is 27.7 Å². The number of sulfone groups is 1. The summed E-state index contributed by atoms with van der Waals surface area (Å²) in [5, 5.41) is 3.83. The van der Waals surface area contributed by atoms with Gasteiger partial charge in [0.05, 0.1) is 4.90 Å². The van der Waals surface area contributed by atoms with Gasteiger partial charge in [0.15, 0.2) is 9.84 Å². The lowest BCUT2D eigenvalue weighted by Crippen LogP contribution is -2.09. The lowest BCUT2D eigenvalue weighted by molar-refractivity contribution is 0.314. The molecule has 0 spiro atoms. The second-order valence-corrected chi connectivity index (χ2v) is 7.86. The third-order valence-corrected chi connectivity index (χ3v) is 3.66. The molecule has 0 aliphatic rings. The van der Waals surface area contributed by atoms with Gasteiger partial charge in [0.1, 0.15) is 5.69 Å². The van der Waals surface area contributed by atoms with Crippen LogP contribution in [0.4, 0.5) is 0 Å². The summed E-state index contributed by atoms with van der Waals surface area (Å²) >= 11 is 0. The molecule has 2 heterocycles. The van der Waals surface area contributed by atoms with Gasteiger partial charge >= 0.3 is 0 Å². The van der Waals surface area contributed by atoms with E-state index in [4.69, 9.17) is 4.52 Å². The highest BCUT2D eigenvalue weighted by atomic mass is 32.2. The van der Waals surface area contributed by atoms with Crippen molar-refractivity contribution in [2.24, 2.45) is 5.41 Å². The first-order valence-corrected chi connectivity index (χ1v) is 8.04. The van der Waals surface area contributed by atoms with Crippen LogP contribution in [0.1, 0.15) is 26.7 Å². The Morgan fingerprint density at radius 1 is 1.30 bits per heavy atom. The second kappa shape index (κ2) is 4.97. The summed E-state index contributed by atoms with van der Waals surface area (Å²) in [5.41, 5.74) is 0.229. The third kappa shape index (κ3) is 3.41. The first-order valence-electron chi connectivity index (χ1n) is 6.15. The van der Waals surface area contributed by atoms with E-state index in [2.05, 4.69) is 35.9 Å². The third-order valence-electron chi connectivity index (χ3n) is 2.53. The van der Waals surface area contributed by atoms with E-state index < -0.39 is 9.84 Å². The zero-order chi connectivity index (χ0) is 15.0. The van der Waals surface area contributed by atoms with E-state index in [1.54, 1.807) is 6.07 Å². The molecule has 0 aliphatic heterocycles. The van der Waals surface area contributed by atoms with Gasteiger partial charge in [-0.15, -0.1) is 0 Å². The molecule has 20 heavy (non-hydrogen) atoms. The molecule has 0 atom stereocenters. The summed E-state index contributed by atoms with van der Waals surface area (Å²) in [5.74, 6) is 0.669. The number of rotatable bonds is 3. The van der Waals surface area contributed by atoms with Gasteiger partial charge in [0.25, 0.3) is 0 Å². The van der Waals surface area contributed by atoms with E-state index >= 15 is 0 Å². The monoisotopic (exact) mass is 295 g/mol. The van der Waals surface area contributed by atoms with Gasteiger partial charge in [-0.1, -0.05) is 25.9 Å². The number of aromatic nitrogens is 3. The molecule has 108 valence electrons. The quantitative estimate of drug-likeness (QED) is 0.862. The van der Waals surface area contributed by atoms with Gasteiger partial charge in [-0.25, -0.2) is 8.42 Å². The van der Waals surface area contributed by atoms with Crippen molar-refractivity contribution in [1.29, 1.82) is 0 Å². The van der Waals surface area contributed by atoms with Crippen LogP contribution in [-0.4, -0.2) is 29.8 Å². The molecule has 2 aromatic rings. The van der Waals surface area contributed by atoms with Crippen molar-refractivity contribution >= 4 is 9.84 Å². The minimum Gasteiger partial charge on any atom is -0.339 e. The number of hydrogen-bond acceptors (Lipinski definition) is 6. The van der Waals surface area contributed by atoms with Crippen LogP contribution in [0, 0.1) is 5.41 Å². The van der Waals surface area contributed by atoms with E-state index in [1.807, 2.05) is 0 Å². The fraction of sp³-hybridized carbons (Fsp3) is 0.462. The zero-order valence-corrected chi connectivity index (χ0v) is 12.7. The van der Waals surface area contributed by atoms with E-state index in [1.165, 1.54) is 12.3 Å². The van der Waals surface area contributed by atoms with Crippen molar-refractivity contribution in [3.8, 4) is 11.5 Å². The van der Waals surface area contributed by atoms with Crippen LogP contribution in [0.3, 0.4) is 0 Å². The molecular formula is C13H17N3O3S. The van der Waals surface area contributed by atoms with Crippen molar-refractivity contribution in [1.82, 2.24) is 15.1 Å². The predicted molar refractivity (Wildman–Crippen MR) is 73.8 cm³/mol. The highest BCUT2D eigenvalue weighted by molar-refractivity contribution is 7.90. The maximum atomic E-state index is 11.7. The summed E-state index contributed by atoms with van der Waals surface area (Å²) in [7, 11) is -3.39. The Labute approximate surface area is 118 Å². The Morgan fingerprint density at radius 3 is 2.60 bits per heavy atom. The Kier molecular flexibility index (Phi) is 3.64. The molecule has 0 bridgehead atoms. The van der Waals surface area contributed by atoms with Crippen molar-refractivity contribution in [2.75, 3.05) is 6.26 Å². The van der Waals surface area contributed by atoms with E-state index in [-0.39, 0.29) is 21.8 Å². The summed E-state index contributed by atoms with van der Waals surface area (Å²) in [6.07, 6.45) is 3.24. The van der Waals surface area contributed by atoms with Crippen LogP contribution >= 0.6 is 0 Å². The first-order chi connectivity index (χ1) is 9.17. The molecule has 0 N–H and O–H groups in total. The van der Waals surface area contributed by atoms with Crippen LogP contribution in [-0.2, 0) is 16.3 Å². The molecule has 0 radical (unpaired) electrons. The minimum absolute atomic E-state index is 0.00752. The highest BCUT2D eigenvalue weighted by Gasteiger charge is 2.22. The molecule has 6 nitrogen and oxygen atoms in total. The zero-order valence-electron chi connectivity index (χ0n) is 11.9. The maximum Gasteiger partial charge on any atom is 0.227 e. The molecule has 0 saturated heterocycles. The molecule has 2 aromatic heterocycles. The van der Waals surface area contributed by atoms with E-state index in [9.17, 15) is 8.42 Å². The van der Waals surface area contributed by atoms with Crippen LogP contribution in [0.5, 0.6) is 0 Å². The SMILES string of the molecule is CC(C)(C)Cc1nc(-c2ncccc2S(C)(=O)=O)no1. The minimum atomic E-state index is -3.39. The van der Waals surface area contributed by atoms with Gasteiger partial charge in [-0.05, 0) is 17.5 Å². The van der Waals surface area contributed by atoms with Gasteiger partial charge < -0.3 is 4.52 Å². The number of pyridine rings is 1. The van der Waals surface area contributed by atoms with Crippen molar-refractivity contribution in [3.63, 3.8) is 0 Å². The van der Waals surface area contributed by atoms with E-state index in [0.717, 1.165) is 6.26 Å². The van der Waals surface area contributed by atoms with Crippen molar-refractivity contribution < 1.29 is 12.9 Å². The summed E-state index contributed by atoms with van der Waals surface area (Å²) in [6.45, 7) is 6.17. The largest absolute Gasteiger partial charge is 0.339 e. The standard InChI is InChI=1S/C13H17N3O3S/c1-13(2,3)8-10-15-12(16-19-10)11-9(20(4,17)18)6-5-7-14-11/h5-7H,8H2,1-4H3. The molecule has 0 saturated carbocycles. The Bertz CT molecular complexity index is 714. The highest BCUT2D eigenvalue weighted by Crippen LogP contribution is 2.24. The van der Waals surface area contributed by atoms with Crippen LogP contribution < -0.4 is 0 Å². The Hall–Kier alpha value is -1.76. The molecule has 2 rings (SSSR count). The fourth-order valence-electron chi connectivity index (χ4n) is 1.73. The predicted octanol–water partition coefficient (Wildman–Crippen LogP) is 2.12. The molecule has 0 aromatic carbocycles. The summed E-state index contributed by atoms with van der Waals surface area (Å²) in [6, 6.07) is 3.05. The summed E-state index contributed by atoms with van der Waals surface area (Å²) in [4.78, 5) is 8.40. The molecule has 7 heteroatoms. The topological polar surface area (TPSA) is 86.0 Å². The van der Waals surface area contributed by atoms with Crippen molar-refractivity contribution in [3.05, 3.63) is 24.2 Å². The molecule has 0 amide bonds. The normalized spacial score (nSPS) is 12.6. The van der Waals surface area contributed by atoms with Crippen molar-refractivity contribution in [2.45, 2.75) is 32.1 Å². The molecule has 0 unspecified atom stereocenters. The lowest BCUT2D eigenvalue weighted by atomic mass is 9.92. The fourth-order valence-corrected chi connectivity index (χ4v) is 2.56. The average molecular weight is 295 g/mol. The summed E-state index contributed by atoms with van der Waals surface area (Å²) < 4.78 is 28.6. The van der Waals surface area contributed by atoms with E-state index in [0.29, 0.717) is 12.3 Å². The lowest BCUT2D eigenvalue weighted by Gasteiger charge is -2.13. The van der Waals surface area contributed by atoms with Gasteiger partial charge in [0, 0.05) is 18.9 Å². The molecule has 0 aliphatic carbocycles. The van der Waals surface area contributed by atoms with Gasteiger partial charge in [0.2, 0.25) is 11.7 Å². The molecule has 0 fully saturated rings. The van der Waals surface area contributed by atoms with Crippen LogP contribution in [0.2, 0.25) is 0 Å². The average Bonchev–Trinajstić information content (AvgIpc) is 2.74. The smallest absolute Gasteiger partial charge is 0.227 e. The first kappa shape index (κ1) is 14.6. The number of hydrogen-bond donors (Lipinski definition) is 0. The maximum absolute atomic E-state index is 11.7. The van der Waals surface area contributed by atoms with Crippen LogP contribution in [0.25, 0.3) is 11.5 Å². The second-order valence-electron chi connectivity index (χ2n) is 5.87. The Balaban J connectivity index is 2.44.